The fourth-order valence-electron chi connectivity index (χ4n) is 1.43. The van der Waals surface area contributed by atoms with E-state index in [1.54, 1.807) is 19.4 Å². The fraction of sp³-hybridized carbons (Fsp3) is 0.500. The van der Waals surface area contributed by atoms with Crippen LogP contribution in [0.25, 0.3) is 0 Å². The number of hydrogen-bond donors (Lipinski definition) is 2. The summed E-state index contributed by atoms with van der Waals surface area (Å²) in [6, 6.07) is 5.52. The second kappa shape index (κ2) is 6.49. The summed E-state index contributed by atoms with van der Waals surface area (Å²) in [6.07, 6.45) is 2.59. The molecule has 1 aromatic carbocycles. The molecule has 0 saturated heterocycles. The number of rotatable bonds is 6. The lowest BCUT2D eigenvalue weighted by molar-refractivity contribution is 0.415. The van der Waals surface area contributed by atoms with Crippen LogP contribution in [0.5, 0.6) is 5.75 Å². The van der Waals surface area contributed by atoms with E-state index in [0.717, 1.165) is 24.4 Å². The van der Waals surface area contributed by atoms with Gasteiger partial charge >= 0.3 is 0 Å². The zero-order valence-electron chi connectivity index (χ0n) is 10.5. The molecule has 0 heterocycles. The number of nitrogens with two attached hydrogens (primary N) is 1. The fourth-order valence-corrected chi connectivity index (χ4v) is 1.88. The van der Waals surface area contributed by atoms with E-state index in [4.69, 9.17) is 10.5 Å². The van der Waals surface area contributed by atoms with Crippen LogP contribution < -0.4 is 15.8 Å². The van der Waals surface area contributed by atoms with Crippen molar-refractivity contribution in [2.45, 2.75) is 18.6 Å². The van der Waals surface area contributed by atoms with E-state index in [2.05, 4.69) is 5.32 Å². The summed E-state index contributed by atoms with van der Waals surface area (Å²) >= 11 is 0. The van der Waals surface area contributed by atoms with Gasteiger partial charge < -0.3 is 15.8 Å². The molecule has 0 amide bonds. The van der Waals surface area contributed by atoms with Crippen LogP contribution in [0.4, 0.5) is 11.4 Å². The summed E-state index contributed by atoms with van der Waals surface area (Å²) in [5.41, 5.74) is 7.34. The molecule has 96 valence electrons. The van der Waals surface area contributed by atoms with Crippen LogP contribution in [-0.4, -0.2) is 29.4 Å². The van der Waals surface area contributed by atoms with Crippen molar-refractivity contribution in [3.8, 4) is 5.75 Å². The largest absolute Gasteiger partial charge is 0.497 e. The standard InChI is InChI=1S/C12H20N2O2S/c1-9(17(3)15)4-5-14-11-6-10(13)7-12(8-11)16-2/h6-9,14H,4-5,13H2,1-3H3. The predicted octanol–water partition coefficient (Wildman–Crippen LogP) is 1.85. The third-order valence-electron chi connectivity index (χ3n) is 2.61. The van der Waals surface area contributed by atoms with Gasteiger partial charge in [-0.3, -0.25) is 4.21 Å². The second-order valence-corrected chi connectivity index (χ2v) is 5.82. The van der Waals surface area contributed by atoms with Crippen molar-refractivity contribution >= 4 is 22.2 Å². The molecule has 17 heavy (non-hydrogen) atoms. The Balaban J connectivity index is 2.51. The van der Waals surface area contributed by atoms with Crippen LogP contribution in [0.2, 0.25) is 0 Å². The molecule has 2 atom stereocenters. The van der Waals surface area contributed by atoms with Gasteiger partial charge in [-0.2, -0.15) is 0 Å². The van der Waals surface area contributed by atoms with Crippen LogP contribution in [0.15, 0.2) is 18.2 Å². The zero-order chi connectivity index (χ0) is 12.8. The first-order chi connectivity index (χ1) is 8.02. The van der Waals surface area contributed by atoms with Crippen molar-refractivity contribution in [3.05, 3.63) is 18.2 Å². The van der Waals surface area contributed by atoms with Gasteiger partial charge in [0.25, 0.3) is 0 Å². The highest BCUT2D eigenvalue weighted by atomic mass is 32.2. The monoisotopic (exact) mass is 256 g/mol. The van der Waals surface area contributed by atoms with Gasteiger partial charge in [-0.1, -0.05) is 6.92 Å². The molecule has 1 rings (SSSR count). The first-order valence-electron chi connectivity index (χ1n) is 5.53. The lowest BCUT2D eigenvalue weighted by Gasteiger charge is -2.11. The normalized spacial score (nSPS) is 14.1. The Labute approximate surface area is 105 Å². The van der Waals surface area contributed by atoms with Crippen molar-refractivity contribution in [2.24, 2.45) is 0 Å². The SMILES string of the molecule is COc1cc(N)cc(NCCC(C)S(C)=O)c1. The quantitative estimate of drug-likeness (QED) is 0.762. The maximum absolute atomic E-state index is 11.2. The third-order valence-corrected chi connectivity index (χ3v) is 3.98. The van der Waals surface area contributed by atoms with Crippen molar-refractivity contribution in [1.29, 1.82) is 0 Å². The highest BCUT2D eigenvalue weighted by Gasteiger charge is 2.05. The van der Waals surface area contributed by atoms with Gasteiger partial charge in [-0.25, -0.2) is 0 Å². The second-order valence-electron chi connectivity index (χ2n) is 4.02. The van der Waals surface area contributed by atoms with E-state index in [0.29, 0.717) is 5.69 Å². The number of ether oxygens (including phenoxy) is 1. The van der Waals surface area contributed by atoms with Crippen molar-refractivity contribution < 1.29 is 8.95 Å². The van der Waals surface area contributed by atoms with Gasteiger partial charge in [0.1, 0.15) is 5.75 Å². The molecule has 5 heteroatoms. The van der Waals surface area contributed by atoms with E-state index in [9.17, 15) is 4.21 Å². The third kappa shape index (κ3) is 4.65. The highest BCUT2D eigenvalue weighted by molar-refractivity contribution is 7.84. The lowest BCUT2D eigenvalue weighted by atomic mass is 10.2. The van der Waals surface area contributed by atoms with Crippen LogP contribution in [0.3, 0.4) is 0 Å². The van der Waals surface area contributed by atoms with E-state index in [1.807, 2.05) is 19.1 Å². The van der Waals surface area contributed by atoms with Crippen LogP contribution >= 0.6 is 0 Å². The molecular formula is C12H20N2O2S. The molecular weight excluding hydrogens is 236 g/mol. The molecule has 3 N–H and O–H groups in total. The summed E-state index contributed by atoms with van der Waals surface area (Å²) in [6.45, 7) is 2.76. The van der Waals surface area contributed by atoms with Gasteiger partial charge in [0.05, 0.1) is 7.11 Å². The molecule has 4 nitrogen and oxygen atoms in total. The molecule has 1 aromatic rings. The Morgan fingerprint density at radius 3 is 2.76 bits per heavy atom. The minimum Gasteiger partial charge on any atom is -0.497 e. The molecule has 0 aliphatic rings. The van der Waals surface area contributed by atoms with Crippen LogP contribution in [-0.2, 0) is 10.8 Å². The van der Waals surface area contributed by atoms with E-state index < -0.39 is 10.8 Å². The molecule has 0 saturated carbocycles. The summed E-state index contributed by atoms with van der Waals surface area (Å²) in [7, 11) is 0.844. The highest BCUT2D eigenvalue weighted by Crippen LogP contribution is 2.22. The van der Waals surface area contributed by atoms with E-state index in [-0.39, 0.29) is 5.25 Å². The molecule has 0 bridgehead atoms. The van der Waals surface area contributed by atoms with Crippen molar-refractivity contribution in [1.82, 2.24) is 0 Å². The van der Waals surface area contributed by atoms with Gasteiger partial charge in [0, 0.05) is 52.4 Å². The molecule has 0 radical (unpaired) electrons. The maximum Gasteiger partial charge on any atom is 0.122 e. The van der Waals surface area contributed by atoms with Gasteiger partial charge in [-0.05, 0) is 12.5 Å². The van der Waals surface area contributed by atoms with Gasteiger partial charge in [-0.15, -0.1) is 0 Å². The molecule has 0 aromatic heterocycles. The summed E-state index contributed by atoms with van der Waals surface area (Å²) in [5.74, 6) is 0.736. The molecule has 2 unspecified atom stereocenters. The molecule has 0 spiro atoms. The van der Waals surface area contributed by atoms with Crippen LogP contribution in [0, 0.1) is 0 Å². The lowest BCUT2D eigenvalue weighted by Crippen LogP contribution is -2.14. The summed E-state index contributed by atoms with van der Waals surface area (Å²) < 4.78 is 16.3. The van der Waals surface area contributed by atoms with Crippen molar-refractivity contribution in [2.75, 3.05) is 31.0 Å². The van der Waals surface area contributed by atoms with E-state index >= 15 is 0 Å². The van der Waals surface area contributed by atoms with Gasteiger partial charge in [0.2, 0.25) is 0 Å². The minimum absolute atomic E-state index is 0.199. The van der Waals surface area contributed by atoms with Crippen LogP contribution in [0.1, 0.15) is 13.3 Å². The smallest absolute Gasteiger partial charge is 0.122 e. The Bertz CT molecular complexity index is 396. The molecule has 0 fully saturated rings. The average molecular weight is 256 g/mol. The Kier molecular flexibility index (Phi) is 5.28. The molecule has 0 aliphatic carbocycles. The Morgan fingerprint density at radius 2 is 2.18 bits per heavy atom. The zero-order valence-corrected chi connectivity index (χ0v) is 11.3. The molecule has 0 aliphatic heterocycles. The summed E-state index contributed by atoms with van der Waals surface area (Å²) in [5, 5.41) is 3.45. The first kappa shape index (κ1) is 13.8. The van der Waals surface area contributed by atoms with Gasteiger partial charge in [0.15, 0.2) is 0 Å². The van der Waals surface area contributed by atoms with Crippen molar-refractivity contribution in [3.63, 3.8) is 0 Å². The number of nitrogen functional groups attached to an aromatic ring is 1. The Morgan fingerprint density at radius 1 is 1.47 bits per heavy atom. The number of anilines is 2. The number of nitrogens with one attached hydrogen (secondary N) is 1. The number of methoxy groups -OCH3 is 1. The average Bonchev–Trinajstić information content (AvgIpc) is 2.27. The number of benzene rings is 1. The summed E-state index contributed by atoms with van der Waals surface area (Å²) in [4.78, 5) is 0. The maximum atomic E-state index is 11.2. The minimum atomic E-state index is -0.768. The predicted molar refractivity (Wildman–Crippen MR) is 74.0 cm³/mol. The Hall–Kier alpha value is -1.23. The first-order valence-corrected chi connectivity index (χ1v) is 7.15. The topological polar surface area (TPSA) is 64.3 Å². The number of hydrogen-bond acceptors (Lipinski definition) is 4. The van der Waals surface area contributed by atoms with E-state index in [1.165, 1.54) is 0 Å².